The Morgan fingerprint density at radius 2 is 1.37 bits per heavy atom. The molecule has 1 amide bonds. The van der Waals surface area contributed by atoms with Gasteiger partial charge in [-0.15, -0.1) is 0 Å². The van der Waals surface area contributed by atoms with Gasteiger partial charge in [0.15, 0.2) is 5.60 Å². The number of para-hydroxylation sites is 1. The first-order valence-electron chi connectivity index (χ1n) is 9.71. The number of halogens is 2. The Labute approximate surface area is 186 Å². The van der Waals surface area contributed by atoms with E-state index in [9.17, 15) is 9.90 Å². The number of rotatable bonds is 9. The summed E-state index contributed by atoms with van der Waals surface area (Å²) >= 11 is 11.9. The van der Waals surface area contributed by atoms with Crippen LogP contribution in [0.25, 0.3) is 0 Å². The van der Waals surface area contributed by atoms with Gasteiger partial charge in [-0.2, -0.15) is 0 Å². The van der Waals surface area contributed by atoms with Gasteiger partial charge in [-0.1, -0.05) is 65.7 Å². The summed E-state index contributed by atoms with van der Waals surface area (Å²) in [5, 5.41) is 15.3. The second-order valence-electron chi connectivity index (χ2n) is 6.85. The number of hydrogen-bond acceptors (Lipinski definition) is 3. The Morgan fingerprint density at radius 3 is 1.90 bits per heavy atom. The number of benzene rings is 3. The van der Waals surface area contributed by atoms with E-state index < -0.39 is 11.5 Å². The normalized spacial score (nSPS) is 11.2. The predicted molar refractivity (Wildman–Crippen MR) is 120 cm³/mol. The van der Waals surface area contributed by atoms with Gasteiger partial charge in [0.05, 0.1) is 6.61 Å². The zero-order valence-corrected chi connectivity index (χ0v) is 17.9. The maximum absolute atomic E-state index is 13.0. The number of carbonyl (C=O) groups excluding carboxylic acids is 1. The van der Waals surface area contributed by atoms with E-state index in [0.717, 1.165) is 18.6 Å². The minimum absolute atomic E-state index is 0.417. The summed E-state index contributed by atoms with van der Waals surface area (Å²) in [6, 6.07) is 22.7. The molecule has 0 saturated carbocycles. The number of amides is 1. The number of nitrogens with one attached hydrogen (secondary N) is 1. The van der Waals surface area contributed by atoms with E-state index in [1.165, 1.54) is 0 Å². The number of ether oxygens (including phenoxy) is 1. The highest BCUT2D eigenvalue weighted by Crippen LogP contribution is 2.31. The maximum atomic E-state index is 13.0. The van der Waals surface area contributed by atoms with Gasteiger partial charge in [0.25, 0.3) is 5.91 Å². The Hall–Kier alpha value is -2.53. The standard InChI is InChI=1S/C24H23Cl2NO3/c25-20-12-8-18(9-13-20)24(29,19-10-14-21(26)15-11-19)23(28)27-16-4-5-17-30-22-6-2-1-3-7-22/h1-3,6-15,29H,4-5,16-17H2,(H,27,28). The lowest BCUT2D eigenvalue weighted by Gasteiger charge is -2.28. The van der Waals surface area contributed by atoms with Crippen molar-refractivity contribution in [3.8, 4) is 5.75 Å². The van der Waals surface area contributed by atoms with Gasteiger partial charge in [0, 0.05) is 16.6 Å². The fourth-order valence-corrected chi connectivity index (χ4v) is 3.33. The zero-order valence-electron chi connectivity index (χ0n) is 16.4. The number of unbranched alkanes of at least 4 members (excludes halogenated alkanes) is 1. The molecule has 3 aromatic rings. The van der Waals surface area contributed by atoms with Crippen molar-refractivity contribution in [3.05, 3.63) is 100 Å². The highest BCUT2D eigenvalue weighted by atomic mass is 35.5. The lowest BCUT2D eigenvalue weighted by Crippen LogP contribution is -2.45. The summed E-state index contributed by atoms with van der Waals surface area (Å²) < 4.78 is 5.65. The molecule has 156 valence electrons. The zero-order chi connectivity index (χ0) is 21.4. The Kier molecular flexibility index (Phi) is 7.75. The van der Waals surface area contributed by atoms with Crippen LogP contribution in [0.1, 0.15) is 24.0 Å². The molecule has 3 aromatic carbocycles. The number of carbonyl (C=O) groups is 1. The average Bonchev–Trinajstić information content (AvgIpc) is 2.77. The van der Waals surface area contributed by atoms with Gasteiger partial charge in [-0.25, -0.2) is 0 Å². The van der Waals surface area contributed by atoms with Crippen molar-refractivity contribution in [3.63, 3.8) is 0 Å². The predicted octanol–water partition coefficient (Wildman–Crippen LogP) is 5.20. The van der Waals surface area contributed by atoms with Crippen LogP contribution in [0, 0.1) is 0 Å². The van der Waals surface area contributed by atoms with Crippen LogP contribution in [0.15, 0.2) is 78.9 Å². The topological polar surface area (TPSA) is 58.6 Å². The van der Waals surface area contributed by atoms with Crippen molar-refractivity contribution in [2.75, 3.05) is 13.2 Å². The third-order valence-electron chi connectivity index (χ3n) is 4.72. The van der Waals surface area contributed by atoms with Gasteiger partial charge in [0.1, 0.15) is 5.75 Å². The summed E-state index contributed by atoms with van der Waals surface area (Å²) in [5.74, 6) is 0.317. The van der Waals surface area contributed by atoms with E-state index in [0.29, 0.717) is 34.3 Å². The number of aliphatic hydroxyl groups is 1. The van der Waals surface area contributed by atoms with Crippen LogP contribution in [0.3, 0.4) is 0 Å². The van der Waals surface area contributed by atoms with Crippen LogP contribution >= 0.6 is 23.2 Å². The Bertz CT molecular complexity index is 899. The minimum Gasteiger partial charge on any atom is -0.494 e. The third kappa shape index (κ3) is 5.54. The molecule has 0 aliphatic rings. The van der Waals surface area contributed by atoms with Crippen molar-refractivity contribution in [2.45, 2.75) is 18.4 Å². The Balaban J connectivity index is 1.62. The summed E-state index contributed by atoms with van der Waals surface area (Å²) in [4.78, 5) is 13.0. The molecule has 0 fully saturated rings. The molecule has 0 atom stereocenters. The van der Waals surface area contributed by atoms with E-state index in [1.54, 1.807) is 48.5 Å². The summed E-state index contributed by atoms with van der Waals surface area (Å²) in [5.41, 5.74) is -0.992. The first-order chi connectivity index (χ1) is 14.5. The molecule has 0 aliphatic carbocycles. The largest absolute Gasteiger partial charge is 0.494 e. The summed E-state index contributed by atoms with van der Waals surface area (Å²) in [6.45, 7) is 0.971. The van der Waals surface area contributed by atoms with Gasteiger partial charge in [-0.05, 0) is 60.4 Å². The first-order valence-corrected chi connectivity index (χ1v) is 10.5. The molecule has 0 spiro atoms. The molecule has 2 N–H and O–H groups in total. The monoisotopic (exact) mass is 443 g/mol. The molecule has 30 heavy (non-hydrogen) atoms. The lowest BCUT2D eigenvalue weighted by molar-refractivity contribution is -0.136. The quantitative estimate of drug-likeness (QED) is 0.446. The van der Waals surface area contributed by atoms with Crippen LogP contribution in [0.5, 0.6) is 5.75 Å². The van der Waals surface area contributed by atoms with Gasteiger partial charge in [-0.3, -0.25) is 4.79 Å². The SMILES string of the molecule is O=C(NCCCCOc1ccccc1)C(O)(c1ccc(Cl)cc1)c1ccc(Cl)cc1. The smallest absolute Gasteiger partial charge is 0.261 e. The molecule has 0 bridgehead atoms. The highest BCUT2D eigenvalue weighted by molar-refractivity contribution is 6.30. The second kappa shape index (κ2) is 10.5. The van der Waals surface area contributed by atoms with Crippen LogP contribution < -0.4 is 10.1 Å². The van der Waals surface area contributed by atoms with Crippen molar-refractivity contribution >= 4 is 29.1 Å². The number of hydrogen-bond donors (Lipinski definition) is 2. The molecule has 0 aromatic heterocycles. The van der Waals surface area contributed by atoms with Gasteiger partial charge in [0.2, 0.25) is 0 Å². The van der Waals surface area contributed by atoms with E-state index in [-0.39, 0.29) is 0 Å². The van der Waals surface area contributed by atoms with Crippen LogP contribution in [0.2, 0.25) is 10.0 Å². The van der Waals surface area contributed by atoms with Crippen molar-refractivity contribution < 1.29 is 14.6 Å². The first kappa shape index (κ1) is 22.2. The molecular formula is C24H23Cl2NO3. The summed E-state index contributed by atoms with van der Waals surface area (Å²) in [7, 11) is 0. The molecule has 0 aliphatic heterocycles. The van der Waals surface area contributed by atoms with E-state index in [4.69, 9.17) is 27.9 Å². The molecule has 0 heterocycles. The molecular weight excluding hydrogens is 421 g/mol. The lowest BCUT2D eigenvalue weighted by atomic mass is 9.85. The molecule has 0 saturated heterocycles. The molecule has 6 heteroatoms. The molecule has 3 rings (SSSR count). The highest BCUT2D eigenvalue weighted by Gasteiger charge is 2.39. The van der Waals surface area contributed by atoms with Crippen molar-refractivity contribution in [1.29, 1.82) is 0 Å². The second-order valence-corrected chi connectivity index (χ2v) is 7.72. The molecule has 0 radical (unpaired) electrons. The van der Waals surface area contributed by atoms with E-state index >= 15 is 0 Å². The third-order valence-corrected chi connectivity index (χ3v) is 5.23. The Morgan fingerprint density at radius 1 is 0.833 bits per heavy atom. The van der Waals surface area contributed by atoms with E-state index in [1.807, 2.05) is 30.3 Å². The van der Waals surface area contributed by atoms with Crippen molar-refractivity contribution in [2.24, 2.45) is 0 Å². The maximum Gasteiger partial charge on any atom is 0.261 e. The fourth-order valence-electron chi connectivity index (χ4n) is 3.07. The van der Waals surface area contributed by atoms with Gasteiger partial charge < -0.3 is 15.2 Å². The van der Waals surface area contributed by atoms with Gasteiger partial charge >= 0.3 is 0 Å². The van der Waals surface area contributed by atoms with Crippen LogP contribution in [0.4, 0.5) is 0 Å². The van der Waals surface area contributed by atoms with Crippen molar-refractivity contribution in [1.82, 2.24) is 5.32 Å². The summed E-state index contributed by atoms with van der Waals surface area (Å²) in [6.07, 6.45) is 1.49. The molecule has 4 nitrogen and oxygen atoms in total. The average molecular weight is 444 g/mol. The van der Waals surface area contributed by atoms with Crippen LogP contribution in [-0.4, -0.2) is 24.2 Å². The molecule has 0 unspecified atom stereocenters. The van der Waals surface area contributed by atoms with E-state index in [2.05, 4.69) is 5.32 Å². The van der Waals surface area contributed by atoms with Crippen LogP contribution in [-0.2, 0) is 10.4 Å². The fraction of sp³-hybridized carbons (Fsp3) is 0.208. The minimum atomic E-state index is -1.85.